The highest BCUT2D eigenvalue weighted by molar-refractivity contribution is 8.22. The van der Waals surface area contributed by atoms with Gasteiger partial charge in [0.2, 0.25) is 0 Å². The highest BCUT2D eigenvalue weighted by atomic mass is 32.4. The van der Waals surface area contributed by atoms with Crippen LogP contribution in [0, 0.1) is 0 Å². The van der Waals surface area contributed by atoms with E-state index >= 15 is 0 Å². The van der Waals surface area contributed by atoms with Gasteiger partial charge in [0, 0.05) is 16.8 Å². The number of benzene rings is 2. The van der Waals surface area contributed by atoms with Crippen molar-refractivity contribution < 1.29 is 0 Å². The molecule has 0 saturated heterocycles. The number of pyridine rings is 1. The zero-order valence-electron chi connectivity index (χ0n) is 11.4. The highest BCUT2D eigenvalue weighted by Gasteiger charge is 2.22. The molecule has 0 aliphatic carbocycles. The molecule has 0 amide bonds. The number of rotatable bonds is 4. The first kappa shape index (κ1) is 14.0. The lowest BCUT2D eigenvalue weighted by Crippen LogP contribution is -2.21. The molecular weight excluding hydrogens is 295 g/mol. The van der Waals surface area contributed by atoms with E-state index in [2.05, 4.69) is 34.3 Å². The Bertz CT molecular complexity index is 702. The quantitative estimate of drug-likeness (QED) is 0.746. The Kier molecular flexibility index (Phi) is 4.14. The standard InChI is InChI=1S/C17H15N2PS/c21-20(15-9-3-1-4-10-15,16-11-5-2-6-12-16)19-17-13-7-8-14-18-17/h1-14H,(H,18,19,21). The molecule has 1 heterocycles. The molecule has 2 aromatic carbocycles. The molecule has 2 nitrogen and oxygen atoms in total. The van der Waals surface area contributed by atoms with Gasteiger partial charge < -0.3 is 5.09 Å². The Labute approximate surface area is 129 Å². The van der Waals surface area contributed by atoms with Crippen molar-refractivity contribution in [2.24, 2.45) is 0 Å². The normalized spacial score (nSPS) is 11.0. The SMILES string of the molecule is S=P(Nc1ccccn1)(c1ccccc1)c1ccccc1. The minimum atomic E-state index is -2.13. The van der Waals surface area contributed by atoms with Crippen LogP contribution in [-0.2, 0) is 11.8 Å². The summed E-state index contributed by atoms with van der Waals surface area (Å²) in [6.07, 6.45) is -0.349. The first-order valence-corrected chi connectivity index (χ1v) is 9.50. The third-order valence-corrected chi connectivity index (χ3v) is 7.31. The van der Waals surface area contributed by atoms with Gasteiger partial charge in [-0.15, -0.1) is 0 Å². The summed E-state index contributed by atoms with van der Waals surface area (Å²) in [4.78, 5) is 4.36. The molecule has 0 saturated carbocycles. The largest absolute Gasteiger partial charge is 0.335 e. The predicted octanol–water partition coefficient (Wildman–Crippen LogP) is 3.54. The van der Waals surface area contributed by atoms with Crippen molar-refractivity contribution in [2.75, 3.05) is 5.09 Å². The third-order valence-electron chi connectivity index (χ3n) is 3.18. The summed E-state index contributed by atoms with van der Waals surface area (Å²) in [5.74, 6) is 0.813. The monoisotopic (exact) mass is 310 g/mol. The summed E-state index contributed by atoms with van der Waals surface area (Å²) < 4.78 is 0. The average molecular weight is 310 g/mol. The van der Waals surface area contributed by atoms with Crippen LogP contribution in [0.1, 0.15) is 0 Å². The van der Waals surface area contributed by atoms with E-state index in [9.17, 15) is 0 Å². The van der Waals surface area contributed by atoms with Crippen molar-refractivity contribution in [3.05, 3.63) is 85.1 Å². The molecular formula is C17H15N2PS. The van der Waals surface area contributed by atoms with Gasteiger partial charge in [-0.3, -0.25) is 0 Å². The first-order valence-electron chi connectivity index (χ1n) is 6.70. The van der Waals surface area contributed by atoms with E-state index in [1.54, 1.807) is 6.20 Å². The fourth-order valence-corrected chi connectivity index (χ4v) is 5.35. The lowest BCUT2D eigenvalue weighted by Gasteiger charge is -2.25. The van der Waals surface area contributed by atoms with Crippen molar-refractivity contribution in [1.29, 1.82) is 0 Å². The van der Waals surface area contributed by atoms with Crippen molar-refractivity contribution in [1.82, 2.24) is 4.98 Å². The Morgan fingerprint density at radius 3 is 1.71 bits per heavy atom. The molecule has 0 aliphatic heterocycles. The number of nitrogens with zero attached hydrogens (tertiary/aromatic N) is 1. The second-order valence-electron chi connectivity index (χ2n) is 4.61. The molecule has 0 fully saturated rings. The second-order valence-corrected chi connectivity index (χ2v) is 8.73. The minimum Gasteiger partial charge on any atom is -0.335 e. The zero-order valence-corrected chi connectivity index (χ0v) is 13.1. The van der Waals surface area contributed by atoms with Gasteiger partial charge >= 0.3 is 0 Å². The molecule has 1 N–H and O–H groups in total. The van der Waals surface area contributed by atoms with E-state index < -0.39 is 6.19 Å². The predicted molar refractivity (Wildman–Crippen MR) is 94.3 cm³/mol. The molecule has 4 heteroatoms. The van der Waals surface area contributed by atoms with Crippen LogP contribution in [0.2, 0.25) is 0 Å². The van der Waals surface area contributed by atoms with Gasteiger partial charge in [-0.25, -0.2) is 4.98 Å². The van der Waals surface area contributed by atoms with Crippen LogP contribution in [0.15, 0.2) is 85.1 Å². The van der Waals surface area contributed by atoms with E-state index in [-0.39, 0.29) is 0 Å². The maximum absolute atomic E-state index is 6.08. The molecule has 1 aromatic heterocycles. The van der Waals surface area contributed by atoms with Crippen LogP contribution in [0.4, 0.5) is 5.82 Å². The highest BCUT2D eigenvalue weighted by Crippen LogP contribution is 2.43. The van der Waals surface area contributed by atoms with Crippen LogP contribution >= 0.6 is 6.19 Å². The Morgan fingerprint density at radius 2 is 1.24 bits per heavy atom. The maximum atomic E-state index is 6.08. The number of hydrogen-bond acceptors (Lipinski definition) is 2. The van der Waals surface area contributed by atoms with Crippen molar-refractivity contribution in [2.45, 2.75) is 0 Å². The first-order chi connectivity index (χ1) is 10.3. The fourth-order valence-electron chi connectivity index (χ4n) is 2.14. The van der Waals surface area contributed by atoms with Crippen LogP contribution in [0.5, 0.6) is 0 Å². The van der Waals surface area contributed by atoms with Gasteiger partial charge in [-0.2, -0.15) is 0 Å². The molecule has 0 unspecified atom stereocenters. The van der Waals surface area contributed by atoms with Crippen LogP contribution in [-0.4, -0.2) is 4.98 Å². The lowest BCUT2D eigenvalue weighted by atomic mass is 10.4. The van der Waals surface area contributed by atoms with Crippen LogP contribution in [0.25, 0.3) is 0 Å². The van der Waals surface area contributed by atoms with Gasteiger partial charge in [0.05, 0.1) is 6.19 Å². The van der Waals surface area contributed by atoms with Gasteiger partial charge in [0.25, 0.3) is 0 Å². The van der Waals surface area contributed by atoms with E-state index in [1.807, 2.05) is 54.6 Å². The number of hydrogen-bond donors (Lipinski definition) is 1. The summed E-state index contributed by atoms with van der Waals surface area (Å²) in [6, 6.07) is 26.3. The molecule has 104 valence electrons. The third kappa shape index (κ3) is 3.05. The Morgan fingerprint density at radius 1 is 0.714 bits per heavy atom. The van der Waals surface area contributed by atoms with Gasteiger partial charge in [0.1, 0.15) is 5.82 Å². The number of anilines is 1. The Hall–Kier alpha value is -1.96. The van der Waals surface area contributed by atoms with E-state index in [1.165, 1.54) is 0 Å². The minimum absolute atomic E-state index is 0.813. The number of aromatic nitrogens is 1. The molecule has 21 heavy (non-hydrogen) atoms. The molecule has 0 atom stereocenters. The molecule has 0 radical (unpaired) electrons. The molecule has 0 aliphatic rings. The molecule has 3 rings (SSSR count). The maximum Gasteiger partial charge on any atom is 0.130 e. The van der Waals surface area contributed by atoms with Crippen LogP contribution < -0.4 is 15.7 Å². The summed E-state index contributed by atoms with van der Waals surface area (Å²) in [5, 5.41) is 5.77. The van der Waals surface area contributed by atoms with Crippen molar-refractivity contribution >= 4 is 34.4 Å². The van der Waals surface area contributed by atoms with Gasteiger partial charge in [-0.1, -0.05) is 78.5 Å². The van der Waals surface area contributed by atoms with Crippen molar-refractivity contribution in [3.63, 3.8) is 0 Å². The number of nitrogens with one attached hydrogen (secondary N) is 1. The van der Waals surface area contributed by atoms with Crippen molar-refractivity contribution in [3.8, 4) is 0 Å². The van der Waals surface area contributed by atoms with E-state index in [4.69, 9.17) is 11.8 Å². The molecule has 0 spiro atoms. The van der Waals surface area contributed by atoms with Gasteiger partial charge in [0.15, 0.2) is 0 Å². The van der Waals surface area contributed by atoms with E-state index in [0.29, 0.717) is 0 Å². The van der Waals surface area contributed by atoms with E-state index in [0.717, 1.165) is 16.4 Å². The molecule has 0 bridgehead atoms. The summed E-state index contributed by atoms with van der Waals surface area (Å²) in [6.45, 7) is 0. The zero-order chi connectivity index (χ0) is 14.5. The topological polar surface area (TPSA) is 24.9 Å². The Balaban J connectivity index is 2.10. The smallest absolute Gasteiger partial charge is 0.130 e. The summed E-state index contributed by atoms with van der Waals surface area (Å²) >= 11 is 6.08. The lowest BCUT2D eigenvalue weighted by molar-refractivity contribution is 1.33. The molecule has 3 aromatic rings. The fraction of sp³-hybridized carbons (Fsp3) is 0. The summed E-state index contributed by atoms with van der Waals surface area (Å²) in [5.41, 5.74) is 0. The van der Waals surface area contributed by atoms with Crippen LogP contribution in [0.3, 0.4) is 0 Å². The summed E-state index contributed by atoms with van der Waals surface area (Å²) in [7, 11) is 0. The van der Waals surface area contributed by atoms with Gasteiger partial charge in [-0.05, 0) is 12.1 Å². The second kappa shape index (κ2) is 6.21. The average Bonchev–Trinajstić information content (AvgIpc) is 2.57.